The molecular formula is C16H17NO4. The summed E-state index contributed by atoms with van der Waals surface area (Å²) in [5.41, 5.74) is 1.12. The van der Waals surface area contributed by atoms with Crippen LogP contribution in [-0.4, -0.2) is 28.4 Å². The van der Waals surface area contributed by atoms with Crippen molar-refractivity contribution in [2.24, 2.45) is 0 Å². The van der Waals surface area contributed by atoms with E-state index in [0.717, 1.165) is 6.42 Å². The summed E-state index contributed by atoms with van der Waals surface area (Å²) in [7, 11) is 0. The van der Waals surface area contributed by atoms with E-state index in [1.807, 2.05) is 6.92 Å². The third-order valence-corrected chi connectivity index (χ3v) is 3.06. The highest BCUT2D eigenvalue weighted by Gasteiger charge is 2.14. The number of carboxylic acid groups (broad SMARTS) is 1. The molecule has 110 valence electrons. The van der Waals surface area contributed by atoms with Crippen LogP contribution < -0.4 is 4.74 Å². The average molecular weight is 287 g/mol. The Bertz CT molecular complexity index is 666. The molecule has 5 nitrogen and oxygen atoms in total. The highest BCUT2D eigenvalue weighted by atomic mass is 16.5. The molecule has 1 aromatic carbocycles. The van der Waals surface area contributed by atoms with Gasteiger partial charge in [0.15, 0.2) is 5.78 Å². The number of benzene rings is 1. The SMILES string of the molecule is CCCOc1ccc(C(=O)CCC(=O)O)c2cccnc12. The lowest BCUT2D eigenvalue weighted by Gasteiger charge is -2.10. The second kappa shape index (κ2) is 6.83. The van der Waals surface area contributed by atoms with Gasteiger partial charge in [-0.2, -0.15) is 0 Å². The summed E-state index contributed by atoms with van der Waals surface area (Å²) in [6, 6.07) is 6.95. The van der Waals surface area contributed by atoms with Crippen LogP contribution in [0.3, 0.4) is 0 Å². The monoisotopic (exact) mass is 287 g/mol. The molecule has 1 N–H and O–H groups in total. The van der Waals surface area contributed by atoms with E-state index in [0.29, 0.717) is 28.8 Å². The first kappa shape index (κ1) is 15.0. The van der Waals surface area contributed by atoms with Crippen molar-refractivity contribution in [3.63, 3.8) is 0 Å². The molecule has 0 aliphatic rings. The highest BCUT2D eigenvalue weighted by molar-refractivity contribution is 6.09. The summed E-state index contributed by atoms with van der Waals surface area (Å²) in [5.74, 6) is -0.534. The Hall–Kier alpha value is -2.43. The fraction of sp³-hybridized carbons (Fsp3) is 0.312. The molecule has 0 unspecified atom stereocenters. The predicted octanol–water partition coefficient (Wildman–Crippen LogP) is 3.07. The average Bonchev–Trinajstić information content (AvgIpc) is 2.50. The Morgan fingerprint density at radius 3 is 2.76 bits per heavy atom. The number of aromatic nitrogens is 1. The van der Waals surface area contributed by atoms with Gasteiger partial charge in [0.1, 0.15) is 11.3 Å². The number of ketones is 1. The lowest BCUT2D eigenvalue weighted by atomic mass is 10.0. The molecule has 0 saturated heterocycles. The molecule has 0 aliphatic carbocycles. The van der Waals surface area contributed by atoms with Crippen molar-refractivity contribution in [2.75, 3.05) is 6.61 Å². The van der Waals surface area contributed by atoms with E-state index in [4.69, 9.17) is 9.84 Å². The van der Waals surface area contributed by atoms with Gasteiger partial charge in [-0.05, 0) is 24.6 Å². The standard InChI is InChI=1S/C16H17NO4/c1-2-10-21-14-7-5-11(13(18)6-8-15(19)20)12-4-3-9-17-16(12)14/h3-5,7,9H,2,6,8,10H2,1H3,(H,19,20). The summed E-state index contributed by atoms with van der Waals surface area (Å²) in [5, 5.41) is 9.38. The van der Waals surface area contributed by atoms with Gasteiger partial charge in [0.2, 0.25) is 0 Å². The Morgan fingerprint density at radius 2 is 2.05 bits per heavy atom. The molecule has 0 radical (unpaired) electrons. The minimum atomic E-state index is -0.978. The largest absolute Gasteiger partial charge is 0.491 e. The second-order valence-corrected chi connectivity index (χ2v) is 4.68. The van der Waals surface area contributed by atoms with Crippen molar-refractivity contribution in [1.29, 1.82) is 0 Å². The number of ether oxygens (including phenoxy) is 1. The van der Waals surface area contributed by atoms with Gasteiger partial charge in [0, 0.05) is 23.6 Å². The lowest BCUT2D eigenvalue weighted by Crippen LogP contribution is -2.05. The Kier molecular flexibility index (Phi) is 4.87. The molecule has 0 bridgehead atoms. The minimum Gasteiger partial charge on any atom is -0.491 e. The van der Waals surface area contributed by atoms with Crippen LogP contribution in [0.1, 0.15) is 36.5 Å². The molecular weight excluding hydrogens is 270 g/mol. The fourth-order valence-electron chi connectivity index (χ4n) is 2.07. The maximum absolute atomic E-state index is 12.2. The highest BCUT2D eigenvalue weighted by Crippen LogP contribution is 2.27. The number of rotatable bonds is 7. The molecule has 0 aliphatic heterocycles. The minimum absolute atomic E-state index is 0.0194. The topological polar surface area (TPSA) is 76.5 Å². The molecule has 0 fully saturated rings. The zero-order valence-electron chi connectivity index (χ0n) is 11.8. The molecule has 1 heterocycles. The van der Waals surface area contributed by atoms with Crippen LogP contribution in [-0.2, 0) is 4.79 Å². The molecule has 2 aromatic rings. The maximum atomic E-state index is 12.2. The molecule has 1 aromatic heterocycles. The van der Waals surface area contributed by atoms with Gasteiger partial charge in [-0.15, -0.1) is 0 Å². The molecule has 21 heavy (non-hydrogen) atoms. The van der Waals surface area contributed by atoms with E-state index in [9.17, 15) is 9.59 Å². The fourth-order valence-corrected chi connectivity index (χ4v) is 2.07. The van der Waals surface area contributed by atoms with Crippen LogP contribution in [0.5, 0.6) is 5.75 Å². The first-order valence-corrected chi connectivity index (χ1v) is 6.89. The number of nitrogens with zero attached hydrogens (tertiary/aromatic N) is 1. The smallest absolute Gasteiger partial charge is 0.303 e. The van der Waals surface area contributed by atoms with Crippen LogP contribution in [0.25, 0.3) is 10.9 Å². The van der Waals surface area contributed by atoms with E-state index >= 15 is 0 Å². The predicted molar refractivity (Wildman–Crippen MR) is 78.7 cm³/mol. The van der Waals surface area contributed by atoms with Crippen molar-refractivity contribution in [3.05, 3.63) is 36.0 Å². The van der Waals surface area contributed by atoms with Crippen molar-refractivity contribution >= 4 is 22.7 Å². The summed E-state index contributed by atoms with van der Waals surface area (Å²) in [4.78, 5) is 27.0. The molecule has 0 atom stereocenters. The van der Waals surface area contributed by atoms with Crippen LogP contribution in [0.4, 0.5) is 0 Å². The van der Waals surface area contributed by atoms with Crippen molar-refractivity contribution in [2.45, 2.75) is 26.2 Å². The summed E-state index contributed by atoms with van der Waals surface area (Å²) < 4.78 is 5.63. The molecule has 2 rings (SSSR count). The number of carbonyl (C=O) groups excluding carboxylic acids is 1. The third kappa shape index (κ3) is 3.56. The number of aliphatic carboxylic acids is 1. The van der Waals surface area contributed by atoms with Gasteiger partial charge in [-0.1, -0.05) is 13.0 Å². The van der Waals surface area contributed by atoms with Gasteiger partial charge in [-0.25, -0.2) is 0 Å². The van der Waals surface area contributed by atoms with Gasteiger partial charge in [-0.3, -0.25) is 14.6 Å². The van der Waals surface area contributed by atoms with Gasteiger partial charge >= 0.3 is 5.97 Å². The summed E-state index contributed by atoms with van der Waals surface area (Å²) in [6.07, 6.45) is 2.34. The first-order chi connectivity index (χ1) is 10.1. The van der Waals surface area contributed by atoms with Gasteiger partial charge in [0.25, 0.3) is 0 Å². The summed E-state index contributed by atoms with van der Waals surface area (Å²) in [6.45, 7) is 2.59. The van der Waals surface area contributed by atoms with Crippen LogP contribution >= 0.6 is 0 Å². The maximum Gasteiger partial charge on any atom is 0.303 e. The summed E-state index contributed by atoms with van der Waals surface area (Å²) >= 11 is 0. The van der Waals surface area contributed by atoms with Crippen LogP contribution in [0.15, 0.2) is 30.5 Å². The van der Waals surface area contributed by atoms with E-state index in [1.165, 1.54) is 0 Å². The normalized spacial score (nSPS) is 10.5. The number of carboxylic acids is 1. The number of carbonyl (C=O) groups is 2. The molecule has 0 saturated carbocycles. The van der Waals surface area contributed by atoms with Gasteiger partial charge in [0.05, 0.1) is 13.0 Å². The number of Topliss-reactive ketones (excluding diaryl/α,β-unsaturated/α-hetero) is 1. The van der Waals surface area contributed by atoms with Crippen LogP contribution in [0.2, 0.25) is 0 Å². The third-order valence-electron chi connectivity index (χ3n) is 3.06. The quantitative estimate of drug-likeness (QED) is 0.792. The van der Waals surface area contributed by atoms with Gasteiger partial charge < -0.3 is 9.84 Å². The molecule has 0 spiro atoms. The van der Waals surface area contributed by atoms with Crippen molar-refractivity contribution in [3.8, 4) is 5.75 Å². The zero-order chi connectivity index (χ0) is 15.2. The lowest BCUT2D eigenvalue weighted by molar-refractivity contribution is -0.136. The van der Waals surface area contributed by atoms with E-state index in [2.05, 4.69) is 4.98 Å². The number of hydrogen-bond acceptors (Lipinski definition) is 4. The Labute approximate surface area is 122 Å². The Morgan fingerprint density at radius 1 is 1.24 bits per heavy atom. The number of pyridine rings is 1. The van der Waals surface area contributed by atoms with Crippen molar-refractivity contribution in [1.82, 2.24) is 4.98 Å². The van der Waals surface area contributed by atoms with Crippen molar-refractivity contribution < 1.29 is 19.4 Å². The molecule has 0 amide bonds. The Balaban J connectivity index is 2.37. The first-order valence-electron chi connectivity index (χ1n) is 6.89. The zero-order valence-corrected chi connectivity index (χ0v) is 11.8. The second-order valence-electron chi connectivity index (χ2n) is 4.68. The number of hydrogen-bond donors (Lipinski definition) is 1. The van der Waals surface area contributed by atoms with E-state index < -0.39 is 5.97 Å². The van der Waals surface area contributed by atoms with E-state index in [1.54, 1.807) is 30.5 Å². The number of fused-ring (bicyclic) bond motifs is 1. The van der Waals surface area contributed by atoms with Crippen LogP contribution in [0, 0.1) is 0 Å². The van der Waals surface area contributed by atoms with E-state index in [-0.39, 0.29) is 18.6 Å². The molecule has 5 heteroatoms.